The number of aromatic nitrogens is 2. The highest BCUT2D eigenvalue weighted by Crippen LogP contribution is 2.24. The molecule has 2 N–H and O–H groups in total. The number of amides is 1. The minimum atomic E-state index is -0.120. The lowest BCUT2D eigenvalue weighted by Gasteiger charge is -2.23. The molecule has 3 rings (SSSR count). The summed E-state index contributed by atoms with van der Waals surface area (Å²) in [6.45, 7) is 1.82. The van der Waals surface area contributed by atoms with Crippen LogP contribution in [0.2, 0.25) is 10.0 Å². The van der Waals surface area contributed by atoms with Crippen LogP contribution in [0.3, 0.4) is 0 Å². The Balaban J connectivity index is 0.00000192. The van der Waals surface area contributed by atoms with Crippen LogP contribution in [0.5, 0.6) is 0 Å². The first-order valence-electron chi connectivity index (χ1n) is 7.15. The maximum Gasteiger partial charge on any atom is 0.254 e. The van der Waals surface area contributed by atoms with Crippen LogP contribution in [0.15, 0.2) is 30.6 Å². The van der Waals surface area contributed by atoms with Gasteiger partial charge in [0.15, 0.2) is 0 Å². The van der Waals surface area contributed by atoms with Gasteiger partial charge in [-0.2, -0.15) is 5.10 Å². The van der Waals surface area contributed by atoms with Crippen molar-refractivity contribution in [2.75, 3.05) is 13.1 Å². The summed E-state index contributed by atoms with van der Waals surface area (Å²) in [5, 5.41) is 11.5. The van der Waals surface area contributed by atoms with Crippen molar-refractivity contribution >= 4 is 41.5 Å². The number of nitrogens with zero attached hydrogens (tertiary/aromatic N) is 2. The van der Waals surface area contributed by atoms with E-state index in [9.17, 15) is 4.79 Å². The van der Waals surface area contributed by atoms with Crippen molar-refractivity contribution < 1.29 is 4.79 Å². The molecular weight excluding hydrogens is 359 g/mol. The molecule has 1 fully saturated rings. The summed E-state index contributed by atoms with van der Waals surface area (Å²) in [6, 6.07) is 5.32. The van der Waals surface area contributed by atoms with Crippen LogP contribution in [-0.2, 0) is 0 Å². The highest BCUT2D eigenvalue weighted by Gasteiger charge is 2.17. The van der Waals surface area contributed by atoms with Crippen LogP contribution in [0.25, 0.3) is 5.69 Å². The number of carbonyl (C=O) groups excluding carboxylic acids is 1. The molecular formula is C15H17Cl3N4O. The van der Waals surface area contributed by atoms with Gasteiger partial charge < -0.3 is 10.6 Å². The molecule has 8 heteroatoms. The number of hydrogen-bond donors (Lipinski definition) is 2. The van der Waals surface area contributed by atoms with E-state index in [1.165, 1.54) is 6.20 Å². The Bertz CT molecular complexity index is 683. The first kappa shape index (κ1) is 18.1. The fourth-order valence-corrected chi connectivity index (χ4v) is 2.98. The van der Waals surface area contributed by atoms with Crippen LogP contribution < -0.4 is 10.6 Å². The maximum absolute atomic E-state index is 12.3. The van der Waals surface area contributed by atoms with Gasteiger partial charge in [0.05, 0.1) is 22.5 Å². The van der Waals surface area contributed by atoms with Gasteiger partial charge in [0.2, 0.25) is 0 Å². The quantitative estimate of drug-likeness (QED) is 0.867. The molecule has 1 unspecified atom stereocenters. The number of rotatable bonds is 3. The Hall–Kier alpha value is -1.27. The van der Waals surface area contributed by atoms with E-state index in [4.69, 9.17) is 23.2 Å². The first-order chi connectivity index (χ1) is 10.6. The lowest BCUT2D eigenvalue weighted by Crippen LogP contribution is -2.45. The molecule has 1 aromatic heterocycles. The molecule has 1 amide bonds. The monoisotopic (exact) mass is 374 g/mol. The zero-order valence-corrected chi connectivity index (χ0v) is 14.6. The van der Waals surface area contributed by atoms with Crippen LogP contribution in [0, 0.1) is 0 Å². The SMILES string of the molecule is Cl.O=C(NC1CCCNC1)c1cnn(-c2ccc(Cl)cc2Cl)c1. The second kappa shape index (κ2) is 8.02. The number of carbonyl (C=O) groups is 1. The van der Waals surface area contributed by atoms with Crippen molar-refractivity contribution in [1.82, 2.24) is 20.4 Å². The molecule has 0 spiro atoms. The van der Waals surface area contributed by atoms with E-state index >= 15 is 0 Å². The minimum Gasteiger partial charge on any atom is -0.348 e. The highest BCUT2D eigenvalue weighted by molar-refractivity contribution is 6.35. The van der Waals surface area contributed by atoms with Gasteiger partial charge in [0.1, 0.15) is 0 Å². The van der Waals surface area contributed by atoms with Crippen molar-refractivity contribution in [3.05, 3.63) is 46.2 Å². The predicted molar refractivity (Wildman–Crippen MR) is 94.2 cm³/mol. The van der Waals surface area contributed by atoms with Gasteiger partial charge in [-0.1, -0.05) is 23.2 Å². The third-order valence-electron chi connectivity index (χ3n) is 3.63. The van der Waals surface area contributed by atoms with Gasteiger partial charge >= 0.3 is 0 Å². The maximum atomic E-state index is 12.3. The van der Waals surface area contributed by atoms with Crippen LogP contribution in [0.1, 0.15) is 23.2 Å². The van der Waals surface area contributed by atoms with E-state index in [1.807, 2.05) is 0 Å². The molecule has 2 heterocycles. The Morgan fingerprint density at radius 2 is 2.22 bits per heavy atom. The molecule has 2 aromatic rings. The minimum absolute atomic E-state index is 0. The molecule has 0 saturated carbocycles. The standard InChI is InChI=1S/C15H16Cl2N4O.ClH/c16-11-3-4-14(13(17)6-11)21-9-10(7-19-21)15(22)20-12-2-1-5-18-8-12;/h3-4,6-7,9,12,18H,1-2,5,8H2,(H,20,22);1H. The molecule has 124 valence electrons. The Morgan fingerprint density at radius 1 is 1.39 bits per heavy atom. The summed E-state index contributed by atoms with van der Waals surface area (Å²) in [7, 11) is 0. The molecule has 5 nitrogen and oxygen atoms in total. The van der Waals surface area contributed by atoms with E-state index < -0.39 is 0 Å². The topological polar surface area (TPSA) is 59.0 Å². The van der Waals surface area contributed by atoms with Crippen molar-refractivity contribution in [1.29, 1.82) is 0 Å². The van der Waals surface area contributed by atoms with Gasteiger partial charge in [0, 0.05) is 23.8 Å². The van der Waals surface area contributed by atoms with E-state index in [1.54, 1.807) is 29.1 Å². The van der Waals surface area contributed by atoms with E-state index in [0.717, 1.165) is 25.9 Å². The lowest BCUT2D eigenvalue weighted by molar-refractivity contribution is 0.0930. The van der Waals surface area contributed by atoms with Crippen molar-refractivity contribution in [2.24, 2.45) is 0 Å². The Morgan fingerprint density at radius 3 is 2.91 bits per heavy atom. The van der Waals surface area contributed by atoms with E-state index in [0.29, 0.717) is 21.3 Å². The Labute approximate surface area is 150 Å². The van der Waals surface area contributed by atoms with E-state index in [-0.39, 0.29) is 24.4 Å². The molecule has 1 saturated heterocycles. The van der Waals surface area contributed by atoms with Gasteiger partial charge in [0.25, 0.3) is 5.91 Å². The highest BCUT2D eigenvalue weighted by atomic mass is 35.5. The second-order valence-corrected chi connectivity index (χ2v) is 6.13. The molecule has 1 aliphatic rings. The van der Waals surface area contributed by atoms with Gasteiger partial charge in [-0.25, -0.2) is 4.68 Å². The van der Waals surface area contributed by atoms with Crippen LogP contribution in [0.4, 0.5) is 0 Å². The van der Waals surface area contributed by atoms with Crippen molar-refractivity contribution in [3.63, 3.8) is 0 Å². The molecule has 0 radical (unpaired) electrons. The predicted octanol–water partition coefficient (Wildman–Crippen LogP) is 3.08. The second-order valence-electron chi connectivity index (χ2n) is 5.29. The van der Waals surface area contributed by atoms with Crippen LogP contribution in [-0.4, -0.2) is 34.8 Å². The van der Waals surface area contributed by atoms with Crippen molar-refractivity contribution in [3.8, 4) is 5.69 Å². The van der Waals surface area contributed by atoms with Gasteiger partial charge in [-0.3, -0.25) is 4.79 Å². The number of nitrogens with one attached hydrogen (secondary N) is 2. The summed E-state index contributed by atoms with van der Waals surface area (Å²) >= 11 is 12.0. The summed E-state index contributed by atoms with van der Waals surface area (Å²) in [4.78, 5) is 12.3. The molecule has 1 aliphatic heterocycles. The van der Waals surface area contributed by atoms with Gasteiger partial charge in [-0.05, 0) is 37.6 Å². The summed E-state index contributed by atoms with van der Waals surface area (Å²) in [5.41, 5.74) is 1.20. The fraction of sp³-hybridized carbons (Fsp3) is 0.333. The molecule has 0 aliphatic carbocycles. The normalized spacial score (nSPS) is 17.4. The van der Waals surface area contributed by atoms with E-state index in [2.05, 4.69) is 15.7 Å². The molecule has 1 aromatic carbocycles. The number of benzene rings is 1. The molecule has 0 bridgehead atoms. The fourth-order valence-electron chi connectivity index (χ4n) is 2.48. The smallest absolute Gasteiger partial charge is 0.254 e. The van der Waals surface area contributed by atoms with Gasteiger partial charge in [-0.15, -0.1) is 12.4 Å². The first-order valence-corrected chi connectivity index (χ1v) is 7.91. The summed E-state index contributed by atoms with van der Waals surface area (Å²) < 4.78 is 1.58. The molecule has 1 atom stereocenters. The molecule has 23 heavy (non-hydrogen) atoms. The summed E-state index contributed by atoms with van der Waals surface area (Å²) in [6.07, 6.45) is 5.28. The average Bonchev–Trinajstić information content (AvgIpc) is 2.98. The number of halogens is 3. The Kier molecular flexibility index (Phi) is 6.30. The average molecular weight is 376 g/mol. The zero-order chi connectivity index (χ0) is 15.5. The number of hydrogen-bond acceptors (Lipinski definition) is 3. The number of piperidine rings is 1. The third kappa shape index (κ3) is 4.38. The largest absolute Gasteiger partial charge is 0.348 e. The zero-order valence-electron chi connectivity index (χ0n) is 12.3. The summed E-state index contributed by atoms with van der Waals surface area (Å²) in [5.74, 6) is -0.120. The van der Waals surface area contributed by atoms with Crippen molar-refractivity contribution in [2.45, 2.75) is 18.9 Å². The lowest BCUT2D eigenvalue weighted by atomic mass is 10.1. The van der Waals surface area contributed by atoms with Crippen LogP contribution >= 0.6 is 35.6 Å². The third-order valence-corrected chi connectivity index (χ3v) is 4.17.